The Morgan fingerprint density at radius 2 is 2.00 bits per heavy atom. The first-order valence-electron chi connectivity index (χ1n) is 4.65. The predicted octanol–water partition coefficient (Wildman–Crippen LogP) is 2.19. The van der Waals surface area contributed by atoms with E-state index >= 15 is 0 Å². The Morgan fingerprint density at radius 1 is 1.33 bits per heavy atom. The van der Waals surface area contributed by atoms with Crippen molar-refractivity contribution in [3.63, 3.8) is 0 Å². The van der Waals surface area contributed by atoms with Crippen LogP contribution in [0.5, 0.6) is 0 Å². The molecule has 76 valence electrons. The molecular weight excluding hydrogens is 188 g/mol. The summed E-state index contributed by atoms with van der Waals surface area (Å²) in [7, 11) is 0. The SMILES string of the molecule is Cc1[c-]n(C(N)=O)cc1-c1ccccc1. The first kappa shape index (κ1) is 9.52. The smallest absolute Gasteiger partial charge is 0.236 e. The van der Waals surface area contributed by atoms with Gasteiger partial charge in [-0.25, -0.2) is 0 Å². The maximum atomic E-state index is 11.0. The Morgan fingerprint density at radius 3 is 2.53 bits per heavy atom. The highest BCUT2D eigenvalue weighted by atomic mass is 16.2. The van der Waals surface area contributed by atoms with Crippen molar-refractivity contribution >= 4 is 6.03 Å². The fourth-order valence-corrected chi connectivity index (χ4v) is 1.53. The van der Waals surface area contributed by atoms with Gasteiger partial charge in [-0.3, -0.25) is 0 Å². The second-order valence-corrected chi connectivity index (χ2v) is 3.35. The molecule has 2 N–H and O–H groups in total. The van der Waals surface area contributed by atoms with Gasteiger partial charge in [0.1, 0.15) is 0 Å². The Bertz CT molecular complexity index is 486. The Balaban J connectivity index is 2.50. The molecule has 0 aliphatic heterocycles. The lowest BCUT2D eigenvalue weighted by atomic mass is 10.1. The maximum Gasteiger partial charge on any atom is 0.236 e. The van der Waals surface area contributed by atoms with Gasteiger partial charge in [0.2, 0.25) is 6.03 Å². The van der Waals surface area contributed by atoms with Crippen LogP contribution in [-0.2, 0) is 0 Å². The van der Waals surface area contributed by atoms with Gasteiger partial charge in [0.25, 0.3) is 0 Å². The third kappa shape index (κ3) is 1.76. The molecule has 2 rings (SSSR count). The lowest BCUT2D eigenvalue weighted by Gasteiger charge is -2.05. The zero-order chi connectivity index (χ0) is 10.8. The van der Waals surface area contributed by atoms with E-state index in [0.717, 1.165) is 16.7 Å². The summed E-state index contributed by atoms with van der Waals surface area (Å²) in [5.74, 6) is 0. The molecule has 0 spiro atoms. The summed E-state index contributed by atoms with van der Waals surface area (Å²) in [6.45, 7) is 1.90. The minimum Gasteiger partial charge on any atom is -0.403 e. The average Bonchev–Trinajstić information content (AvgIpc) is 2.62. The van der Waals surface area contributed by atoms with Gasteiger partial charge in [0.15, 0.2) is 0 Å². The Labute approximate surface area is 88.1 Å². The monoisotopic (exact) mass is 199 g/mol. The molecule has 0 unspecified atom stereocenters. The van der Waals surface area contributed by atoms with Crippen LogP contribution in [-0.4, -0.2) is 10.6 Å². The van der Waals surface area contributed by atoms with Crippen molar-refractivity contribution < 1.29 is 4.79 Å². The van der Waals surface area contributed by atoms with Crippen LogP contribution in [0.2, 0.25) is 0 Å². The number of aromatic nitrogens is 1. The molecule has 0 aliphatic rings. The summed E-state index contributed by atoms with van der Waals surface area (Å²) in [5, 5.41) is 0. The van der Waals surface area contributed by atoms with Crippen molar-refractivity contribution in [2.24, 2.45) is 5.73 Å². The summed E-state index contributed by atoms with van der Waals surface area (Å²) in [5.41, 5.74) is 8.13. The molecule has 0 radical (unpaired) electrons. The second kappa shape index (κ2) is 3.61. The van der Waals surface area contributed by atoms with Gasteiger partial charge in [-0.1, -0.05) is 49.0 Å². The molecule has 0 saturated heterocycles. The van der Waals surface area contributed by atoms with Crippen LogP contribution in [0.3, 0.4) is 0 Å². The van der Waals surface area contributed by atoms with Crippen molar-refractivity contribution in [1.82, 2.24) is 4.57 Å². The lowest BCUT2D eigenvalue weighted by Crippen LogP contribution is -2.17. The molecule has 0 bridgehead atoms. The first-order valence-corrected chi connectivity index (χ1v) is 4.65. The van der Waals surface area contributed by atoms with Gasteiger partial charge >= 0.3 is 0 Å². The number of carbonyl (C=O) groups excluding carboxylic acids is 1. The molecule has 1 heterocycles. The van der Waals surface area contributed by atoms with Gasteiger partial charge in [-0.15, -0.1) is 17.3 Å². The highest BCUT2D eigenvalue weighted by molar-refractivity contribution is 5.78. The number of benzene rings is 1. The van der Waals surface area contributed by atoms with Crippen molar-refractivity contribution in [2.75, 3.05) is 0 Å². The first-order chi connectivity index (χ1) is 7.18. The van der Waals surface area contributed by atoms with Gasteiger partial charge in [0, 0.05) is 0 Å². The summed E-state index contributed by atoms with van der Waals surface area (Å²) in [4.78, 5) is 11.0. The molecule has 3 nitrogen and oxygen atoms in total. The van der Waals surface area contributed by atoms with Crippen LogP contribution in [0.4, 0.5) is 4.79 Å². The van der Waals surface area contributed by atoms with E-state index in [1.165, 1.54) is 4.57 Å². The Hall–Kier alpha value is -2.03. The molecule has 1 amide bonds. The van der Waals surface area contributed by atoms with Crippen LogP contribution in [0, 0.1) is 13.1 Å². The number of nitrogens with two attached hydrogens (primary N) is 1. The van der Waals surface area contributed by atoms with Crippen LogP contribution in [0.25, 0.3) is 11.1 Å². The summed E-state index contributed by atoms with van der Waals surface area (Å²) in [6, 6.07) is 9.32. The highest BCUT2D eigenvalue weighted by Crippen LogP contribution is 2.23. The van der Waals surface area contributed by atoms with Crippen LogP contribution >= 0.6 is 0 Å². The standard InChI is InChI=1S/C12H11N2O/c1-9-7-14(12(13)15)8-11(9)10-5-3-2-4-6-10/h2-6,8H,1H3,(H2,13,15)/q-1. The molecule has 0 saturated carbocycles. The van der Waals surface area contributed by atoms with Gasteiger partial charge < -0.3 is 15.1 Å². The fraction of sp³-hybridized carbons (Fsp3) is 0.0833. The summed E-state index contributed by atoms with van der Waals surface area (Å²) in [6.07, 6.45) is 4.59. The average molecular weight is 199 g/mol. The molecule has 0 atom stereocenters. The molecule has 1 aromatic heterocycles. The minimum atomic E-state index is -0.514. The van der Waals surface area contributed by atoms with Crippen molar-refractivity contribution in [2.45, 2.75) is 6.92 Å². The molecule has 0 fully saturated rings. The number of hydrogen-bond acceptors (Lipinski definition) is 1. The van der Waals surface area contributed by atoms with E-state index in [4.69, 9.17) is 5.73 Å². The number of amides is 1. The summed E-state index contributed by atoms with van der Waals surface area (Å²) >= 11 is 0. The normalized spacial score (nSPS) is 10.2. The number of carbonyl (C=O) groups is 1. The van der Waals surface area contributed by atoms with E-state index in [1.54, 1.807) is 6.20 Å². The fourth-order valence-electron chi connectivity index (χ4n) is 1.53. The van der Waals surface area contributed by atoms with E-state index in [1.807, 2.05) is 37.3 Å². The topological polar surface area (TPSA) is 48.0 Å². The summed E-state index contributed by atoms with van der Waals surface area (Å²) < 4.78 is 1.28. The highest BCUT2D eigenvalue weighted by Gasteiger charge is 1.98. The quantitative estimate of drug-likeness (QED) is 0.703. The van der Waals surface area contributed by atoms with Crippen LogP contribution in [0.1, 0.15) is 5.56 Å². The zero-order valence-electron chi connectivity index (χ0n) is 8.40. The van der Waals surface area contributed by atoms with Crippen molar-refractivity contribution in [3.8, 4) is 11.1 Å². The van der Waals surface area contributed by atoms with E-state index in [-0.39, 0.29) is 0 Å². The van der Waals surface area contributed by atoms with Gasteiger partial charge in [0.05, 0.1) is 0 Å². The zero-order valence-corrected chi connectivity index (χ0v) is 8.40. The number of hydrogen-bond donors (Lipinski definition) is 1. The second-order valence-electron chi connectivity index (χ2n) is 3.35. The van der Waals surface area contributed by atoms with Gasteiger partial charge in [-0.05, 0) is 0 Å². The van der Waals surface area contributed by atoms with Crippen molar-refractivity contribution in [1.29, 1.82) is 0 Å². The molecule has 1 aromatic carbocycles. The minimum absolute atomic E-state index is 0.514. The predicted molar refractivity (Wildman–Crippen MR) is 58.4 cm³/mol. The molecule has 15 heavy (non-hydrogen) atoms. The van der Waals surface area contributed by atoms with Crippen LogP contribution < -0.4 is 5.73 Å². The number of nitrogens with zero attached hydrogens (tertiary/aromatic N) is 1. The number of rotatable bonds is 1. The van der Waals surface area contributed by atoms with E-state index in [0.29, 0.717) is 0 Å². The van der Waals surface area contributed by atoms with Crippen molar-refractivity contribution in [3.05, 3.63) is 48.3 Å². The Kier molecular flexibility index (Phi) is 2.29. The number of aryl methyl sites for hydroxylation is 1. The van der Waals surface area contributed by atoms with Gasteiger partial charge in [-0.2, -0.15) is 0 Å². The third-order valence-corrected chi connectivity index (χ3v) is 2.27. The van der Waals surface area contributed by atoms with E-state index in [2.05, 4.69) is 6.20 Å². The molecule has 0 aliphatic carbocycles. The molecule has 2 aromatic rings. The molecular formula is C12H11N2O-. The van der Waals surface area contributed by atoms with E-state index in [9.17, 15) is 4.79 Å². The maximum absolute atomic E-state index is 11.0. The third-order valence-electron chi connectivity index (χ3n) is 2.27. The lowest BCUT2D eigenvalue weighted by molar-refractivity contribution is 0.250. The van der Waals surface area contributed by atoms with E-state index < -0.39 is 6.03 Å². The largest absolute Gasteiger partial charge is 0.403 e. The number of primary amides is 1. The van der Waals surface area contributed by atoms with Crippen LogP contribution in [0.15, 0.2) is 36.5 Å². The molecule has 3 heteroatoms.